The Morgan fingerprint density at radius 1 is 1.10 bits per heavy atom. The monoisotopic (exact) mass is 395 g/mol. The van der Waals surface area contributed by atoms with Crippen molar-refractivity contribution in [2.45, 2.75) is 33.2 Å². The zero-order valence-corrected chi connectivity index (χ0v) is 17.4. The number of likely N-dealkylation sites (tertiary alicyclic amines) is 1. The molecule has 0 radical (unpaired) electrons. The highest BCUT2D eigenvalue weighted by atomic mass is 16.5. The molecule has 3 rings (SSSR count). The molecule has 29 heavy (non-hydrogen) atoms. The van der Waals surface area contributed by atoms with Crippen LogP contribution >= 0.6 is 0 Å². The van der Waals surface area contributed by atoms with E-state index in [9.17, 15) is 9.59 Å². The Hall–Kier alpha value is -3.02. The van der Waals surface area contributed by atoms with Crippen molar-refractivity contribution in [1.29, 1.82) is 0 Å². The molecular weight excluding hydrogens is 366 g/mol. The number of urea groups is 1. The maximum absolute atomic E-state index is 12.9. The van der Waals surface area contributed by atoms with Crippen molar-refractivity contribution in [3.63, 3.8) is 0 Å². The molecule has 6 heteroatoms. The number of rotatable bonds is 6. The van der Waals surface area contributed by atoms with Crippen LogP contribution in [0.4, 0.5) is 10.5 Å². The summed E-state index contributed by atoms with van der Waals surface area (Å²) in [6.07, 6.45) is 2.06. The van der Waals surface area contributed by atoms with Crippen LogP contribution in [0.5, 0.6) is 5.75 Å². The summed E-state index contributed by atoms with van der Waals surface area (Å²) in [5.74, 6) is 0.795. The lowest BCUT2D eigenvalue weighted by molar-refractivity contribution is 0.0793. The molecule has 1 aliphatic rings. The van der Waals surface area contributed by atoms with E-state index in [2.05, 4.69) is 5.32 Å². The smallest absolute Gasteiger partial charge is 0.321 e. The minimum Gasteiger partial charge on any atom is -0.494 e. The van der Waals surface area contributed by atoms with E-state index in [1.807, 2.05) is 55.1 Å². The Morgan fingerprint density at radius 3 is 2.45 bits per heavy atom. The lowest BCUT2D eigenvalue weighted by Gasteiger charge is -2.22. The van der Waals surface area contributed by atoms with Crippen LogP contribution in [-0.2, 0) is 6.54 Å². The first-order chi connectivity index (χ1) is 14.0. The molecule has 0 atom stereocenters. The van der Waals surface area contributed by atoms with Gasteiger partial charge in [0.05, 0.1) is 17.9 Å². The van der Waals surface area contributed by atoms with E-state index in [1.54, 1.807) is 18.0 Å². The van der Waals surface area contributed by atoms with Crippen LogP contribution < -0.4 is 10.1 Å². The van der Waals surface area contributed by atoms with Crippen molar-refractivity contribution in [2.75, 3.05) is 32.1 Å². The summed E-state index contributed by atoms with van der Waals surface area (Å²) >= 11 is 0. The SMILES string of the molecule is CCOc1ccc(CN(C)C(=O)Nc2c(C)cccc2C(=O)N2CCCC2)cc1. The summed E-state index contributed by atoms with van der Waals surface area (Å²) < 4.78 is 5.45. The van der Waals surface area contributed by atoms with Crippen LogP contribution in [0, 0.1) is 6.92 Å². The second-order valence-corrected chi connectivity index (χ2v) is 7.36. The standard InChI is InChI=1S/C23H29N3O3/c1-4-29-19-12-10-18(11-13-19)16-25(3)23(28)24-21-17(2)8-7-9-20(21)22(27)26-14-5-6-15-26/h7-13H,4-6,14-16H2,1-3H3,(H,24,28). The van der Waals surface area contributed by atoms with Crippen molar-refractivity contribution < 1.29 is 14.3 Å². The van der Waals surface area contributed by atoms with Gasteiger partial charge >= 0.3 is 6.03 Å². The van der Waals surface area contributed by atoms with Gasteiger partial charge in [0.2, 0.25) is 0 Å². The molecule has 154 valence electrons. The summed E-state index contributed by atoms with van der Waals surface area (Å²) in [5.41, 5.74) is 3.02. The van der Waals surface area contributed by atoms with Crippen LogP contribution in [0.2, 0.25) is 0 Å². The molecule has 0 aliphatic carbocycles. The second kappa shape index (κ2) is 9.45. The second-order valence-electron chi connectivity index (χ2n) is 7.36. The third kappa shape index (κ3) is 5.08. The number of hydrogen-bond acceptors (Lipinski definition) is 3. The van der Waals surface area contributed by atoms with Gasteiger partial charge in [-0.05, 0) is 56.0 Å². The van der Waals surface area contributed by atoms with Crippen LogP contribution in [0.1, 0.15) is 41.3 Å². The zero-order chi connectivity index (χ0) is 20.8. The van der Waals surface area contributed by atoms with E-state index in [0.717, 1.165) is 42.8 Å². The largest absolute Gasteiger partial charge is 0.494 e. The van der Waals surface area contributed by atoms with Crippen LogP contribution in [0.25, 0.3) is 0 Å². The first-order valence-corrected chi connectivity index (χ1v) is 10.1. The molecule has 3 amide bonds. The third-order valence-electron chi connectivity index (χ3n) is 5.13. The Kier molecular flexibility index (Phi) is 6.75. The van der Waals surface area contributed by atoms with Crippen molar-refractivity contribution in [2.24, 2.45) is 0 Å². The van der Waals surface area contributed by atoms with Gasteiger partial charge in [0, 0.05) is 26.7 Å². The van der Waals surface area contributed by atoms with E-state index in [4.69, 9.17) is 4.74 Å². The molecule has 1 saturated heterocycles. The summed E-state index contributed by atoms with van der Waals surface area (Å²) in [5, 5.41) is 2.95. The number of carbonyl (C=O) groups is 2. The fraction of sp³-hybridized carbons (Fsp3) is 0.391. The highest BCUT2D eigenvalue weighted by Gasteiger charge is 2.24. The number of para-hydroxylation sites is 1. The number of nitrogens with zero attached hydrogens (tertiary/aromatic N) is 2. The predicted molar refractivity (Wildman–Crippen MR) is 114 cm³/mol. The minimum atomic E-state index is -0.247. The molecule has 0 aromatic heterocycles. The fourth-order valence-electron chi connectivity index (χ4n) is 3.51. The number of aryl methyl sites for hydroxylation is 1. The highest BCUT2D eigenvalue weighted by molar-refractivity contribution is 6.04. The first kappa shape index (κ1) is 20.7. The number of nitrogens with one attached hydrogen (secondary N) is 1. The average molecular weight is 396 g/mol. The van der Waals surface area contributed by atoms with Crippen LogP contribution in [0.15, 0.2) is 42.5 Å². The van der Waals surface area contributed by atoms with E-state index >= 15 is 0 Å². The maximum atomic E-state index is 12.9. The number of benzene rings is 2. The lowest BCUT2D eigenvalue weighted by atomic mass is 10.1. The number of anilines is 1. The molecule has 1 heterocycles. The number of amides is 3. The van der Waals surface area contributed by atoms with Gasteiger partial charge in [0.25, 0.3) is 5.91 Å². The third-order valence-corrected chi connectivity index (χ3v) is 5.13. The number of ether oxygens (including phenoxy) is 1. The topological polar surface area (TPSA) is 61.9 Å². The summed E-state index contributed by atoms with van der Waals surface area (Å²) in [7, 11) is 1.74. The summed E-state index contributed by atoms with van der Waals surface area (Å²) in [6.45, 7) is 6.48. The quantitative estimate of drug-likeness (QED) is 0.793. The highest BCUT2D eigenvalue weighted by Crippen LogP contribution is 2.24. The number of hydrogen-bond donors (Lipinski definition) is 1. The molecule has 6 nitrogen and oxygen atoms in total. The molecule has 2 aromatic carbocycles. The molecule has 0 unspecified atom stereocenters. The van der Waals surface area contributed by atoms with Crippen molar-refractivity contribution >= 4 is 17.6 Å². The molecule has 2 aromatic rings. The van der Waals surface area contributed by atoms with E-state index < -0.39 is 0 Å². The van der Waals surface area contributed by atoms with Gasteiger partial charge in [0.1, 0.15) is 5.75 Å². The normalized spacial score (nSPS) is 13.3. The molecule has 1 aliphatic heterocycles. The molecular formula is C23H29N3O3. The Morgan fingerprint density at radius 2 is 1.79 bits per heavy atom. The molecule has 0 saturated carbocycles. The van der Waals surface area contributed by atoms with Crippen LogP contribution in [0.3, 0.4) is 0 Å². The van der Waals surface area contributed by atoms with Gasteiger partial charge < -0.3 is 19.9 Å². The Balaban J connectivity index is 1.70. The fourth-order valence-corrected chi connectivity index (χ4v) is 3.51. The van der Waals surface area contributed by atoms with Gasteiger partial charge in [-0.25, -0.2) is 4.79 Å². The van der Waals surface area contributed by atoms with E-state index in [0.29, 0.717) is 24.4 Å². The predicted octanol–water partition coefficient (Wildman–Crippen LogP) is 4.29. The van der Waals surface area contributed by atoms with Gasteiger partial charge in [-0.2, -0.15) is 0 Å². The van der Waals surface area contributed by atoms with Crippen LogP contribution in [-0.4, -0.2) is 48.5 Å². The number of carbonyl (C=O) groups excluding carboxylic acids is 2. The Labute approximate surface area is 172 Å². The maximum Gasteiger partial charge on any atom is 0.321 e. The first-order valence-electron chi connectivity index (χ1n) is 10.1. The zero-order valence-electron chi connectivity index (χ0n) is 17.4. The van der Waals surface area contributed by atoms with Gasteiger partial charge in [-0.1, -0.05) is 24.3 Å². The molecule has 0 bridgehead atoms. The van der Waals surface area contributed by atoms with Crippen molar-refractivity contribution in [3.8, 4) is 5.75 Å². The Bertz CT molecular complexity index is 858. The summed E-state index contributed by atoms with van der Waals surface area (Å²) in [4.78, 5) is 29.2. The average Bonchev–Trinajstić information content (AvgIpc) is 3.25. The minimum absolute atomic E-state index is 0.0179. The van der Waals surface area contributed by atoms with E-state index in [-0.39, 0.29) is 11.9 Å². The summed E-state index contributed by atoms with van der Waals surface area (Å²) in [6, 6.07) is 13.0. The van der Waals surface area contributed by atoms with Crippen molar-refractivity contribution in [3.05, 3.63) is 59.2 Å². The van der Waals surface area contributed by atoms with E-state index in [1.165, 1.54) is 0 Å². The van der Waals surface area contributed by atoms with Gasteiger partial charge in [-0.3, -0.25) is 4.79 Å². The van der Waals surface area contributed by atoms with Gasteiger partial charge in [0.15, 0.2) is 0 Å². The van der Waals surface area contributed by atoms with Crippen molar-refractivity contribution in [1.82, 2.24) is 9.80 Å². The van der Waals surface area contributed by atoms with Gasteiger partial charge in [-0.15, -0.1) is 0 Å². The lowest BCUT2D eigenvalue weighted by Crippen LogP contribution is -2.33. The molecule has 1 N–H and O–H groups in total. The molecule has 0 spiro atoms. The molecule has 1 fully saturated rings.